The zero-order chi connectivity index (χ0) is 35.6. The first-order valence-electron chi connectivity index (χ1n) is 14.9. The Kier molecular flexibility index (Phi) is 14.8. The summed E-state index contributed by atoms with van der Waals surface area (Å²) in [5.41, 5.74) is -4.36. The zero-order valence-electron chi connectivity index (χ0n) is 29.7. The summed E-state index contributed by atoms with van der Waals surface area (Å²) in [4.78, 5) is 64.3. The molecule has 0 aromatic carbocycles. The maximum Gasteiger partial charge on any atom is 0.408 e. The first kappa shape index (κ1) is 41.4. The van der Waals surface area contributed by atoms with Crippen LogP contribution in [-0.2, 0) is 23.7 Å². The standard InChI is InChI=1S/C30H57N5O10/c1-26(2,3)41-21(36)31-16-18(33-23(38)43-28(7,8)9)20(35-25(40)45-30(13,14)15)19(34-24(39)44-29(10,11)12)17-32-22(37)42-27(4,5)6/h18-20H,16-17H2,1-15H3,(H,31,36)(H,32,37)(H,33,38)(H,34,39)(H,35,40). The smallest absolute Gasteiger partial charge is 0.408 e. The summed E-state index contributed by atoms with van der Waals surface area (Å²) >= 11 is 0. The lowest BCUT2D eigenvalue weighted by molar-refractivity contribution is 0.0349. The fourth-order valence-electron chi connectivity index (χ4n) is 3.39. The number of rotatable bonds is 9. The van der Waals surface area contributed by atoms with Crippen LogP contribution in [0.15, 0.2) is 0 Å². The van der Waals surface area contributed by atoms with E-state index in [9.17, 15) is 24.0 Å². The number of alkyl carbamates (subject to hydrolysis) is 5. The van der Waals surface area contributed by atoms with Gasteiger partial charge in [0, 0.05) is 13.1 Å². The van der Waals surface area contributed by atoms with E-state index in [2.05, 4.69) is 26.6 Å². The minimum absolute atomic E-state index is 0.312. The molecule has 45 heavy (non-hydrogen) atoms. The summed E-state index contributed by atoms with van der Waals surface area (Å²) in [7, 11) is 0. The Morgan fingerprint density at radius 2 is 0.622 bits per heavy atom. The third-order valence-electron chi connectivity index (χ3n) is 4.69. The van der Waals surface area contributed by atoms with Crippen LogP contribution in [-0.4, -0.2) is 89.7 Å². The molecule has 5 amide bonds. The highest BCUT2D eigenvalue weighted by atomic mass is 16.6. The van der Waals surface area contributed by atoms with Gasteiger partial charge in [-0.1, -0.05) is 0 Å². The van der Waals surface area contributed by atoms with E-state index >= 15 is 0 Å². The maximum absolute atomic E-state index is 13.1. The Hall–Kier alpha value is -3.65. The molecule has 0 heterocycles. The molecule has 15 heteroatoms. The molecule has 262 valence electrons. The van der Waals surface area contributed by atoms with Gasteiger partial charge >= 0.3 is 30.5 Å². The topological polar surface area (TPSA) is 192 Å². The van der Waals surface area contributed by atoms with Gasteiger partial charge in [0.05, 0.1) is 18.1 Å². The Labute approximate surface area is 267 Å². The summed E-state index contributed by atoms with van der Waals surface area (Å²) in [6, 6.07) is -3.58. The molecule has 0 aliphatic carbocycles. The second-order valence-electron chi connectivity index (χ2n) is 15.4. The Balaban J connectivity index is 6.79. The minimum Gasteiger partial charge on any atom is -0.444 e. The van der Waals surface area contributed by atoms with Crippen LogP contribution in [0.25, 0.3) is 0 Å². The fourth-order valence-corrected chi connectivity index (χ4v) is 3.39. The third-order valence-corrected chi connectivity index (χ3v) is 4.69. The van der Waals surface area contributed by atoms with Crippen LogP contribution in [0, 0.1) is 0 Å². The molecule has 5 N–H and O–H groups in total. The number of hydrogen-bond acceptors (Lipinski definition) is 10. The molecule has 0 aliphatic heterocycles. The summed E-state index contributed by atoms with van der Waals surface area (Å²) in [6.45, 7) is 24.4. The molecule has 2 atom stereocenters. The summed E-state index contributed by atoms with van der Waals surface area (Å²) in [5, 5.41) is 13.1. The van der Waals surface area contributed by atoms with E-state index in [4.69, 9.17) is 23.7 Å². The van der Waals surface area contributed by atoms with E-state index in [1.807, 2.05) is 0 Å². The van der Waals surface area contributed by atoms with Gasteiger partial charge in [-0.25, -0.2) is 24.0 Å². The highest BCUT2D eigenvalue weighted by Crippen LogP contribution is 2.14. The van der Waals surface area contributed by atoms with E-state index in [1.165, 1.54) is 0 Å². The van der Waals surface area contributed by atoms with Crippen LogP contribution < -0.4 is 26.6 Å². The highest BCUT2D eigenvalue weighted by molar-refractivity contribution is 5.73. The molecule has 0 rings (SSSR count). The van der Waals surface area contributed by atoms with Gasteiger partial charge in [0.1, 0.15) is 28.0 Å². The lowest BCUT2D eigenvalue weighted by Gasteiger charge is -2.36. The molecule has 0 bridgehead atoms. The molecule has 0 saturated carbocycles. The number of amides is 5. The van der Waals surface area contributed by atoms with Gasteiger partial charge in [-0.15, -0.1) is 0 Å². The van der Waals surface area contributed by atoms with Crippen molar-refractivity contribution in [3.63, 3.8) is 0 Å². The molecule has 0 fully saturated rings. The SMILES string of the molecule is CC(C)(C)OC(=O)NCC(NC(=O)OC(C)(C)C)C(NC(=O)OC(C)(C)C)C(CNC(=O)OC(C)(C)C)NC(=O)OC(C)(C)C. The predicted molar refractivity (Wildman–Crippen MR) is 168 cm³/mol. The number of ether oxygens (including phenoxy) is 5. The van der Waals surface area contributed by atoms with Gasteiger partial charge in [0.2, 0.25) is 0 Å². The quantitative estimate of drug-likeness (QED) is 0.219. The normalized spacial score (nSPS) is 14.5. The van der Waals surface area contributed by atoms with Crippen molar-refractivity contribution in [1.29, 1.82) is 0 Å². The second-order valence-corrected chi connectivity index (χ2v) is 15.4. The predicted octanol–water partition coefficient (Wildman–Crippen LogP) is 4.72. The highest BCUT2D eigenvalue weighted by Gasteiger charge is 2.37. The molecule has 0 aliphatic rings. The summed E-state index contributed by atoms with van der Waals surface area (Å²) < 4.78 is 27.0. The number of carbonyl (C=O) groups is 5. The summed E-state index contributed by atoms with van der Waals surface area (Å²) in [6.07, 6.45) is -4.29. The van der Waals surface area contributed by atoms with Crippen molar-refractivity contribution >= 4 is 30.5 Å². The van der Waals surface area contributed by atoms with Crippen molar-refractivity contribution in [2.45, 2.75) is 150 Å². The van der Waals surface area contributed by atoms with Crippen LogP contribution in [0.3, 0.4) is 0 Å². The largest absolute Gasteiger partial charge is 0.444 e. The number of nitrogens with one attached hydrogen (secondary N) is 5. The maximum atomic E-state index is 13.1. The third kappa shape index (κ3) is 22.5. The average Bonchev–Trinajstić information content (AvgIpc) is 2.71. The van der Waals surface area contributed by atoms with Gasteiger partial charge in [-0.05, 0) is 104 Å². The Morgan fingerprint density at radius 1 is 0.400 bits per heavy atom. The van der Waals surface area contributed by atoms with Gasteiger partial charge in [0.25, 0.3) is 0 Å². The fraction of sp³-hybridized carbons (Fsp3) is 0.833. The molecule has 0 saturated heterocycles. The van der Waals surface area contributed by atoms with Crippen molar-refractivity contribution in [2.24, 2.45) is 0 Å². The van der Waals surface area contributed by atoms with E-state index in [0.717, 1.165) is 0 Å². The van der Waals surface area contributed by atoms with Crippen molar-refractivity contribution in [3.05, 3.63) is 0 Å². The van der Waals surface area contributed by atoms with E-state index in [1.54, 1.807) is 104 Å². The second kappa shape index (κ2) is 16.1. The Bertz CT molecular complexity index is 949. The molecule has 0 aromatic rings. The zero-order valence-corrected chi connectivity index (χ0v) is 29.7. The van der Waals surface area contributed by atoms with E-state index in [-0.39, 0.29) is 13.1 Å². The van der Waals surface area contributed by atoms with Gasteiger partial charge in [0.15, 0.2) is 0 Å². The minimum atomic E-state index is -1.25. The number of carbonyl (C=O) groups excluding carboxylic acids is 5. The van der Waals surface area contributed by atoms with E-state index in [0.29, 0.717) is 0 Å². The molecular weight excluding hydrogens is 590 g/mol. The van der Waals surface area contributed by atoms with Gasteiger partial charge in [-0.2, -0.15) is 0 Å². The first-order chi connectivity index (χ1) is 19.9. The van der Waals surface area contributed by atoms with Crippen molar-refractivity contribution in [1.82, 2.24) is 26.6 Å². The van der Waals surface area contributed by atoms with Crippen molar-refractivity contribution < 1.29 is 47.7 Å². The summed E-state index contributed by atoms with van der Waals surface area (Å²) in [5.74, 6) is 0. The molecule has 0 radical (unpaired) electrons. The monoisotopic (exact) mass is 647 g/mol. The first-order valence-corrected chi connectivity index (χ1v) is 14.9. The average molecular weight is 648 g/mol. The van der Waals surface area contributed by atoms with Crippen LogP contribution in [0.1, 0.15) is 104 Å². The molecule has 2 unspecified atom stereocenters. The van der Waals surface area contributed by atoms with Crippen LogP contribution in [0.2, 0.25) is 0 Å². The van der Waals surface area contributed by atoms with Crippen molar-refractivity contribution in [3.8, 4) is 0 Å². The molecular formula is C30H57N5O10. The van der Waals surface area contributed by atoms with Crippen LogP contribution in [0.4, 0.5) is 24.0 Å². The van der Waals surface area contributed by atoms with Gasteiger partial charge in [-0.3, -0.25) is 0 Å². The molecule has 0 spiro atoms. The number of hydrogen-bond donors (Lipinski definition) is 5. The van der Waals surface area contributed by atoms with Crippen LogP contribution in [0.5, 0.6) is 0 Å². The van der Waals surface area contributed by atoms with Gasteiger partial charge < -0.3 is 50.3 Å². The lowest BCUT2D eigenvalue weighted by Crippen LogP contribution is -2.67. The lowest BCUT2D eigenvalue weighted by atomic mass is 9.99. The van der Waals surface area contributed by atoms with Crippen molar-refractivity contribution in [2.75, 3.05) is 13.1 Å². The van der Waals surface area contributed by atoms with E-state index < -0.39 is 76.6 Å². The Morgan fingerprint density at radius 3 is 0.867 bits per heavy atom. The molecule has 0 aromatic heterocycles. The van der Waals surface area contributed by atoms with Crippen LogP contribution >= 0.6 is 0 Å². The molecule has 15 nitrogen and oxygen atoms in total.